The molecule has 0 saturated carbocycles. The van der Waals surface area contributed by atoms with E-state index >= 15 is 0 Å². The smallest absolute Gasteiger partial charge is 0.265 e. The van der Waals surface area contributed by atoms with E-state index in [2.05, 4.69) is 5.32 Å². The van der Waals surface area contributed by atoms with E-state index in [-0.39, 0.29) is 10.7 Å². The van der Waals surface area contributed by atoms with Crippen LogP contribution in [0.4, 0.5) is 11.4 Å². The summed E-state index contributed by atoms with van der Waals surface area (Å²) in [5, 5.41) is 3.35. The van der Waals surface area contributed by atoms with Gasteiger partial charge in [0.25, 0.3) is 10.0 Å². The highest BCUT2D eigenvalue weighted by Gasteiger charge is 2.43. The van der Waals surface area contributed by atoms with Gasteiger partial charge >= 0.3 is 0 Å². The number of allylic oxidation sites excluding steroid dienone is 1. The van der Waals surface area contributed by atoms with Gasteiger partial charge in [-0.1, -0.05) is 30.3 Å². The van der Waals surface area contributed by atoms with E-state index in [9.17, 15) is 13.2 Å². The molecule has 3 aromatic rings. The van der Waals surface area contributed by atoms with E-state index < -0.39 is 16.1 Å². The van der Waals surface area contributed by atoms with E-state index in [1.165, 1.54) is 10.6 Å². The SMILES string of the molecule is O=C1CCCC2=C1C(c1ccco1)N(S(=O)(=O)c1ccccc1)c1ccccc1N2. The van der Waals surface area contributed by atoms with Crippen molar-refractivity contribution in [3.05, 3.63) is 90.0 Å². The number of carbonyl (C=O) groups excluding carboxylic acids is 1. The summed E-state index contributed by atoms with van der Waals surface area (Å²) in [4.78, 5) is 13.2. The molecular weight excluding hydrogens is 400 g/mol. The normalized spacial score (nSPS) is 19.0. The number of ketones is 1. The number of nitrogens with one attached hydrogen (secondary N) is 1. The van der Waals surface area contributed by atoms with E-state index in [0.717, 1.165) is 12.1 Å². The molecular formula is C23H20N2O4S. The number of rotatable bonds is 3. The first kappa shape index (κ1) is 18.7. The highest BCUT2D eigenvalue weighted by molar-refractivity contribution is 7.92. The molecule has 2 aromatic carbocycles. The molecule has 152 valence electrons. The molecule has 0 radical (unpaired) electrons. The molecule has 1 aromatic heterocycles. The van der Waals surface area contributed by atoms with Gasteiger partial charge in [0.2, 0.25) is 0 Å². The van der Waals surface area contributed by atoms with Crippen LogP contribution < -0.4 is 9.62 Å². The molecule has 5 rings (SSSR count). The highest BCUT2D eigenvalue weighted by atomic mass is 32.2. The molecule has 0 amide bonds. The average Bonchev–Trinajstić information content (AvgIpc) is 3.23. The topological polar surface area (TPSA) is 79.6 Å². The second-order valence-electron chi connectivity index (χ2n) is 7.34. The van der Waals surface area contributed by atoms with Crippen LogP contribution in [0.3, 0.4) is 0 Å². The number of anilines is 2. The van der Waals surface area contributed by atoms with Crippen molar-refractivity contribution in [3.63, 3.8) is 0 Å². The summed E-state index contributed by atoms with van der Waals surface area (Å²) in [6.45, 7) is 0. The summed E-state index contributed by atoms with van der Waals surface area (Å²) in [6.07, 6.45) is 3.28. The number of hydrogen-bond donors (Lipinski definition) is 1. The standard InChI is InChI=1S/C23H20N2O4S/c26-20-13-6-11-18-22(20)23(21-14-7-15-29-21)25(19-12-5-4-10-17(19)24-18)30(27,28)16-8-2-1-3-9-16/h1-5,7-10,12,14-15,23-24H,6,11,13H2. The van der Waals surface area contributed by atoms with Gasteiger partial charge in [-0.05, 0) is 49.2 Å². The van der Waals surface area contributed by atoms with Crippen LogP contribution in [0.1, 0.15) is 31.1 Å². The van der Waals surface area contributed by atoms with E-state index in [1.54, 1.807) is 54.6 Å². The van der Waals surface area contributed by atoms with E-state index in [0.29, 0.717) is 35.5 Å². The third kappa shape index (κ3) is 2.93. The lowest BCUT2D eigenvalue weighted by Crippen LogP contribution is -2.37. The number of nitrogens with zero attached hydrogens (tertiary/aromatic N) is 1. The fourth-order valence-electron chi connectivity index (χ4n) is 4.18. The predicted octanol–water partition coefficient (Wildman–Crippen LogP) is 4.65. The van der Waals surface area contributed by atoms with Gasteiger partial charge in [-0.25, -0.2) is 12.7 Å². The lowest BCUT2D eigenvalue weighted by Gasteiger charge is -2.32. The Kier molecular flexibility index (Phi) is 4.47. The molecule has 6 nitrogen and oxygen atoms in total. The van der Waals surface area contributed by atoms with Crippen molar-refractivity contribution in [1.82, 2.24) is 0 Å². The third-order valence-electron chi connectivity index (χ3n) is 5.50. The van der Waals surface area contributed by atoms with Crippen LogP contribution >= 0.6 is 0 Å². The molecule has 0 saturated heterocycles. The Morgan fingerprint density at radius 1 is 0.933 bits per heavy atom. The summed E-state index contributed by atoms with van der Waals surface area (Å²) < 4.78 is 34.8. The molecule has 1 atom stereocenters. The van der Waals surface area contributed by atoms with Gasteiger partial charge in [-0.3, -0.25) is 4.79 Å². The quantitative estimate of drug-likeness (QED) is 0.667. The number of benzene rings is 2. The van der Waals surface area contributed by atoms with Crippen molar-refractivity contribution in [1.29, 1.82) is 0 Å². The maximum Gasteiger partial charge on any atom is 0.265 e. The van der Waals surface area contributed by atoms with Crippen LogP contribution in [0.5, 0.6) is 0 Å². The van der Waals surface area contributed by atoms with Gasteiger partial charge in [-0.15, -0.1) is 0 Å². The minimum Gasteiger partial charge on any atom is -0.467 e. The zero-order valence-electron chi connectivity index (χ0n) is 16.1. The molecule has 7 heteroatoms. The summed E-state index contributed by atoms with van der Waals surface area (Å²) in [5.74, 6) is 0.349. The first-order valence-electron chi connectivity index (χ1n) is 9.82. The maximum absolute atomic E-state index is 13.9. The molecule has 2 heterocycles. The van der Waals surface area contributed by atoms with Gasteiger partial charge in [-0.2, -0.15) is 0 Å². The second kappa shape index (κ2) is 7.18. The fraction of sp³-hybridized carbons (Fsp3) is 0.174. The molecule has 0 fully saturated rings. The van der Waals surface area contributed by atoms with Gasteiger partial charge < -0.3 is 9.73 Å². The maximum atomic E-state index is 13.9. The van der Waals surface area contributed by atoms with Crippen molar-refractivity contribution >= 4 is 27.2 Å². The minimum absolute atomic E-state index is 0.0637. The van der Waals surface area contributed by atoms with Crippen molar-refractivity contribution in [2.24, 2.45) is 0 Å². The van der Waals surface area contributed by atoms with Crippen LogP contribution in [-0.2, 0) is 14.8 Å². The van der Waals surface area contributed by atoms with Crippen molar-refractivity contribution in [3.8, 4) is 0 Å². The summed E-state index contributed by atoms with van der Waals surface area (Å²) in [7, 11) is -4.00. The largest absolute Gasteiger partial charge is 0.467 e. The summed E-state index contributed by atoms with van der Waals surface area (Å²) in [6, 6.07) is 18.0. The number of sulfonamides is 1. The van der Waals surface area contributed by atoms with Crippen LogP contribution in [0.25, 0.3) is 0 Å². The molecule has 0 bridgehead atoms. The molecule has 0 spiro atoms. The Labute approximate surface area is 174 Å². The second-order valence-corrected chi connectivity index (χ2v) is 9.16. The Bertz CT molecular complexity index is 1230. The average molecular weight is 420 g/mol. The molecule has 1 N–H and O–H groups in total. The third-order valence-corrected chi connectivity index (χ3v) is 7.30. The number of carbonyl (C=O) groups is 1. The van der Waals surface area contributed by atoms with E-state index in [4.69, 9.17) is 4.42 Å². The van der Waals surface area contributed by atoms with Crippen molar-refractivity contribution in [2.45, 2.75) is 30.2 Å². The zero-order valence-corrected chi connectivity index (χ0v) is 16.9. The number of para-hydroxylation sites is 2. The lowest BCUT2D eigenvalue weighted by atomic mass is 9.89. The van der Waals surface area contributed by atoms with Crippen LogP contribution in [-0.4, -0.2) is 14.2 Å². The van der Waals surface area contributed by atoms with Gasteiger partial charge in [0.15, 0.2) is 5.78 Å². The molecule has 2 aliphatic rings. The Hall–Kier alpha value is -3.32. The molecule has 1 unspecified atom stereocenters. The van der Waals surface area contributed by atoms with Crippen molar-refractivity contribution in [2.75, 3.05) is 9.62 Å². The lowest BCUT2D eigenvalue weighted by molar-refractivity contribution is -0.116. The fourth-order valence-corrected chi connectivity index (χ4v) is 5.81. The van der Waals surface area contributed by atoms with Crippen LogP contribution in [0, 0.1) is 0 Å². The monoisotopic (exact) mass is 420 g/mol. The Morgan fingerprint density at radius 3 is 2.47 bits per heavy atom. The zero-order chi connectivity index (χ0) is 20.7. The summed E-state index contributed by atoms with van der Waals surface area (Å²) >= 11 is 0. The summed E-state index contributed by atoms with van der Waals surface area (Å²) in [5.41, 5.74) is 2.33. The molecule has 1 aliphatic carbocycles. The first-order valence-corrected chi connectivity index (χ1v) is 11.3. The number of fused-ring (bicyclic) bond motifs is 1. The first-order chi connectivity index (χ1) is 14.6. The predicted molar refractivity (Wildman–Crippen MR) is 114 cm³/mol. The number of hydrogen-bond acceptors (Lipinski definition) is 5. The minimum atomic E-state index is -4.00. The van der Waals surface area contributed by atoms with Gasteiger partial charge in [0, 0.05) is 17.7 Å². The van der Waals surface area contributed by atoms with E-state index in [1.807, 2.05) is 12.1 Å². The van der Waals surface area contributed by atoms with Gasteiger partial charge in [0.05, 0.1) is 22.5 Å². The number of Topliss-reactive ketones (excluding diaryl/α,β-unsaturated/α-hetero) is 1. The Morgan fingerprint density at radius 2 is 1.70 bits per heavy atom. The Balaban J connectivity index is 1.83. The molecule has 1 aliphatic heterocycles. The van der Waals surface area contributed by atoms with Crippen LogP contribution in [0.2, 0.25) is 0 Å². The molecule has 30 heavy (non-hydrogen) atoms. The number of furan rings is 1. The van der Waals surface area contributed by atoms with Crippen molar-refractivity contribution < 1.29 is 17.6 Å². The van der Waals surface area contributed by atoms with Gasteiger partial charge in [0.1, 0.15) is 11.8 Å². The highest BCUT2D eigenvalue weighted by Crippen LogP contribution is 2.47. The van der Waals surface area contributed by atoms with Crippen LogP contribution in [0.15, 0.2) is 93.6 Å².